The van der Waals surface area contributed by atoms with Crippen LogP contribution in [0.15, 0.2) is 0 Å². The van der Waals surface area contributed by atoms with Crippen LogP contribution >= 0.6 is 0 Å². The first kappa shape index (κ1) is 96.9. The van der Waals surface area contributed by atoms with Crippen LogP contribution in [0.2, 0.25) is 0 Å². The van der Waals surface area contributed by atoms with Crippen LogP contribution in [0.25, 0.3) is 0 Å². The summed E-state index contributed by atoms with van der Waals surface area (Å²) in [6, 6.07) is 0. The van der Waals surface area contributed by atoms with E-state index in [0.717, 1.165) is 0 Å². The zero-order valence-electron chi connectivity index (χ0n) is 9.40. The fourth-order valence-corrected chi connectivity index (χ4v) is 0. The van der Waals surface area contributed by atoms with Gasteiger partial charge in [0.25, 0.3) is 0 Å². The first-order valence-electron chi connectivity index (χ1n) is 1.33. The van der Waals surface area contributed by atoms with Gasteiger partial charge in [-0.05, 0) is 0 Å². The number of hydrogen-bond acceptors (Lipinski definition) is 8. The number of rotatable bonds is 0. The average molecular weight is 395 g/mol. The molecule has 0 fully saturated rings. The van der Waals surface area contributed by atoms with Crippen molar-refractivity contribution in [2.75, 3.05) is 0 Å². The maximum absolute atomic E-state index is 8.52. The van der Waals surface area contributed by atoms with Crippen molar-refractivity contribution in [3.8, 4) is 0 Å². The monoisotopic (exact) mass is 394 g/mol. The number of hydrogen-bond donors (Lipinski definition) is 2. The van der Waals surface area contributed by atoms with Crippen LogP contribution in [0.3, 0.4) is 0 Å². The van der Waals surface area contributed by atoms with Crippen molar-refractivity contribution in [1.82, 2.24) is 12.3 Å². The molecule has 0 unspecified atom stereocenters. The zero-order valence-corrected chi connectivity index (χ0v) is 12.0. The van der Waals surface area contributed by atoms with Gasteiger partial charge in [0.15, 0.2) is 0 Å². The molecule has 0 saturated heterocycles. The Bertz CT molecular complexity index is 220. The molecule has 0 radical (unpaired) electrons. The van der Waals surface area contributed by atoms with E-state index in [1.807, 2.05) is 0 Å². The molecule has 0 atom stereocenters. The predicted molar refractivity (Wildman–Crippen MR) is 54.6 cm³/mol. The maximum atomic E-state index is 8.52. The fraction of sp³-hybridized carbons (Fsp3) is 0. The Morgan fingerprint density at radius 1 is 0.474 bits per heavy atom. The largest absolute Gasteiger partial charge is 2.00 e. The van der Waals surface area contributed by atoms with Crippen molar-refractivity contribution in [1.29, 1.82) is 0 Å². The number of quaternary nitrogens is 2. The van der Waals surface area contributed by atoms with Crippen LogP contribution in [-0.4, -0.2) is 67.9 Å². The molecule has 0 rings (SSSR count). The topological polar surface area (TPSA) is 423 Å². The summed E-state index contributed by atoms with van der Waals surface area (Å²) in [6.45, 7) is 0. The molecular formula is H20N2NiO14S2. The normalized spacial score (nSPS) is 6.11. The Labute approximate surface area is 118 Å². The van der Waals surface area contributed by atoms with Gasteiger partial charge in [-0.15, -0.1) is 0 Å². The molecule has 0 amide bonds. The van der Waals surface area contributed by atoms with Crippen LogP contribution in [0, 0.1) is 0 Å². The Kier molecular flexibility index (Phi) is 184. The van der Waals surface area contributed by atoms with Crippen LogP contribution < -0.4 is 12.3 Å². The Morgan fingerprint density at radius 3 is 0.474 bits per heavy atom. The summed E-state index contributed by atoms with van der Waals surface area (Å²) in [4.78, 5) is 0. The molecule has 0 bridgehead atoms. The molecule has 16 nitrogen and oxygen atoms in total. The predicted octanol–water partition coefficient (Wildman–Crippen LogP) is -6.87. The van der Waals surface area contributed by atoms with Crippen molar-refractivity contribution in [3.05, 3.63) is 0 Å². The van der Waals surface area contributed by atoms with Crippen molar-refractivity contribution in [3.63, 3.8) is 0 Å². The third-order valence-corrected chi connectivity index (χ3v) is 0. The molecular weight excluding hydrogens is 375 g/mol. The third kappa shape index (κ3) is 606000. The van der Waals surface area contributed by atoms with Gasteiger partial charge in [-0.2, -0.15) is 0 Å². The summed E-state index contributed by atoms with van der Waals surface area (Å²) in [5.74, 6) is 0. The average Bonchev–Trinajstić information content (AvgIpc) is 1.12. The van der Waals surface area contributed by atoms with E-state index in [9.17, 15) is 0 Å². The first-order chi connectivity index (χ1) is 4.00. The van der Waals surface area contributed by atoms with Gasteiger partial charge in [-0.25, -0.2) is 0 Å². The second-order valence-electron chi connectivity index (χ2n) is 0.816. The van der Waals surface area contributed by atoms with Gasteiger partial charge < -0.3 is 63.4 Å². The molecule has 136 valence electrons. The summed E-state index contributed by atoms with van der Waals surface area (Å²) < 4.78 is 68.2. The van der Waals surface area contributed by atoms with Crippen molar-refractivity contribution in [2.24, 2.45) is 0 Å². The van der Waals surface area contributed by atoms with Gasteiger partial charge >= 0.3 is 16.5 Å². The summed E-state index contributed by atoms with van der Waals surface area (Å²) in [6.07, 6.45) is 0. The second-order valence-corrected chi connectivity index (χ2v) is 2.45. The molecule has 19 heteroatoms. The summed E-state index contributed by atoms with van der Waals surface area (Å²) >= 11 is 0. The van der Waals surface area contributed by atoms with Gasteiger partial charge in [-0.1, -0.05) is 0 Å². The second kappa shape index (κ2) is 36.1. The van der Waals surface area contributed by atoms with E-state index in [1.54, 1.807) is 0 Å². The molecule has 0 spiro atoms. The molecule has 0 aromatic heterocycles. The minimum Gasteiger partial charge on any atom is -0.759 e. The van der Waals surface area contributed by atoms with Gasteiger partial charge in [-0.3, -0.25) is 16.8 Å². The van der Waals surface area contributed by atoms with E-state index in [-0.39, 0.29) is 61.6 Å². The van der Waals surface area contributed by atoms with E-state index in [0.29, 0.717) is 0 Å². The van der Waals surface area contributed by atoms with Crippen molar-refractivity contribution < 1.29 is 84.4 Å². The molecule has 0 heterocycles. The van der Waals surface area contributed by atoms with E-state index in [2.05, 4.69) is 0 Å². The van der Waals surface area contributed by atoms with Crippen LogP contribution in [0.1, 0.15) is 0 Å². The van der Waals surface area contributed by atoms with Crippen LogP contribution in [0.5, 0.6) is 0 Å². The standard InChI is InChI=1S/2H3N.Ni.2H2O4S.6H2O/c;;;2*1-5(2,3)4;;;;;;/h2*1H3;;2*(H2,1,2,3,4);6*1H2/q;;+2;;;;;;;;/p-2. The quantitative estimate of drug-likeness (QED) is 0.225. The maximum Gasteiger partial charge on any atom is 2.00 e. The van der Waals surface area contributed by atoms with Gasteiger partial charge in [0.05, 0.1) is 0 Å². The van der Waals surface area contributed by atoms with Crippen LogP contribution in [0.4, 0.5) is 0 Å². The molecule has 20 N–H and O–H groups in total. The summed E-state index contributed by atoms with van der Waals surface area (Å²) in [7, 11) is -10.3. The van der Waals surface area contributed by atoms with Gasteiger partial charge in [0, 0.05) is 20.8 Å². The molecule has 0 aliphatic carbocycles. The SMILES string of the molecule is O.O.O.O.O.O.O=S(=O)([O-])[O-].O=S(=O)([O-])[O-].[NH4+].[NH4+].[Ni+2]. The van der Waals surface area contributed by atoms with E-state index in [1.165, 1.54) is 0 Å². The minimum absolute atomic E-state index is 0. The smallest absolute Gasteiger partial charge is 0.759 e. The Morgan fingerprint density at radius 2 is 0.474 bits per heavy atom. The first-order valence-corrected chi connectivity index (χ1v) is 4.00. The molecule has 19 heavy (non-hydrogen) atoms. The third-order valence-electron chi connectivity index (χ3n) is 0. The molecule has 0 saturated carbocycles. The van der Waals surface area contributed by atoms with Crippen LogP contribution in [-0.2, 0) is 37.3 Å². The Hall–Kier alpha value is -0.0865. The molecule has 0 aromatic carbocycles. The van der Waals surface area contributed by atoms with E-state index >= 15 is 0 Å². The van der Waals surface area contributed by atoms with E-state index in [4.69, 9.17) is 35.0 Å². The summed E-state index contributed by atoms with van der Waals surface area (Å²) in [5, 5.41) is 0. The van der Waals surface area contributed by atoms with Gasteiger partial charge in [0.1, 0.15) is 0 Å². The molecule has 0 aliphatic heterocycles. The fourth-order valence-electron chi connectivity index (χ4n) is 0. The summed E-state index contributed by atoms with van der Waals surface area (Å²) in [5.41, 5.74) is 0. The molecule has 0 aliphatic rings. The molecule has 0 aromatic rings. The van der Waals surface area contributed by atoms with Crippen molar-refractivity contribution in [2.45, 2.75) is 0 Å². The van der Waals surface area contributed by atoms with Crippen molar-refractivity contribution >= 4 is 20.8 Å². The Balaban J connectivity index is -0.00000000508. The minimum atomic E-state index is -5.17. The van der Waals surface area contributed by atoms with Gasteiger partial charge in [0.2, 0.25) is 0 Å². The zero-order chi connectivity index (χ0) is 9.00. The van der Waals surface area contributed by atoms with E-state index < -0.39 is 20.8 Å².